The molecule has 14 heavy (non-hydrogen) atoms. The summed E-state index contributed by atoms with van der Waals surface area (Å²) in [5.41, 5.74) is -0.387. The second-order valence-electron chi connectivity index (χ2n) is 4.33. The van der Waals surface area contributed by atoms with Crippen LogP contribution < -0.4 is 0 Å². The maximum Gasteiger partial charge on any atom is 0.409 e. The highest BCUT2D eigenvalue weighted by Gasteiger charge is 2.48. The van der Waals surface area contributed by atoms with Gasteiger partial charge in [0.05, 0.1) is 12.7 Å². The molecule has 1 aliphatic carbocycles. The van der Waals surface area contributed by atoms with E-state index in [0.29, 0.717) is 5.92 Å². The summed E-state index contributed by atoms with van der Waals surface area (Å²) in [6, 6.07) is 0. The number of hydrogen-bond donors (Lipinski definition) is 1. The first kappa shape index (κ1) is 9.77. The molecule has 1 heterocycles. The zero-order valence-corrected chi connectivity index (χ0v) is 8.53. The van der Waals surface area contributed by atoms with Gasteiger partial charge in [-0.25, -0.2) is 4.79 Å². The molecule has 1 N–H and O–H groups in total. The molecule has 2 rings (SSSR count). The van der Waals surface area contributed by atoms with E-state index in [2.05, 4.69) is 4.74 Å². The zero-order chi connectivity index (χ0) is 10.2. The monoisotopic (exact) mass is 199 g/mol. The van der Waals surface area contributed by atoms with Crippen LogP contribution in [0.4, 0.5) is 4.79 Å². The Balaban J connectivity index is 1.83. The van der Waals surface area contributed by atoms with Gasteiger partial charge in [0.1, 0.15) is 0 Å². The Bertz CT molecular complexity index is 230. The number of amides is 1. The number of ether oxygens (including phenoxy) is 1. The van der Waals surface area contributed by atoms with Gasteiger partial charge in [-0.1, -0.05) is 0 Å². The van der Waals surface area contributed by atoms with Crippen molar-refractivity contribution in [3.8, 4) is 0 Å². The van der Waals surface area contributed by atoms with E-state index in [1.54, 1.807) is 4.90 Å². The van der Waals surface area contributed by atoms with Gasteiger partial charge >= 0.3 is 6.09 Å². The first-order chi connectivity index (χ1) is 6.65. The van der Waals surface area contributed by atoms with Gasteiger partial charge in [0.15, 0.2) is 0 Å². The largest absolute Gasteiger partial charge is 0.453 e. The Labute approximate surface area is 83.8 Å². The van der Waals surface area contributed by atoms with Crippen molar-refractivity contribution >= 4 is 6.09 Å². The van der Waals surface area contributed by atoms with E-state index in [0.717, 1.165) is 38.8 Å². The smallest absolute Gasteiger partial charge is 0.409 e. The number of hydrogen-bond acceptors (Lipinski definition) is 3. The molecule has 4 nitrogen and oxygen atoms in total. The molecule has 1 amide bonds. The molecule has 0 unspecified atom stereocenters. The number of nitrogens with zero attached hydrogens (tertiary/aromatic N) is 1. The number of methoxy groups -OCH3 is 1. The van der Waals surface area contributed by atoms with Gasteiger partial charge in [-0.2, -0.15) is 0 Å². The van der Waals surface area contributed by atoms with Crippen molar-refractivity contribution in [1.82, 2.24) is 4.90 Å². The molecule has 0 spiro atoms. The molecule has 1 saturated heterocycles. The lowest BCUT2D eigenvalue weighted by atomic mass is 9.89. The third kappa shape index (κ3) is 1.71. The lowest BCUT2D eigenvalue weighted by molar-refractivity contribution is 0.0366. The summed E-state index contributed by atoms with van der Waals surface area (Å²) >= 11 is 0. The number of likely N-dealkylation sites (tertiary alicyclic amines) is 1. The molecule has 4 heteroatoms. The Kier molecular flexibility index (Phi) is 2.39. The number of piperidine rings is 1. The van der Waals surface area contributed by atoms with Crippen molar-refractivity contribution in [2.45, 2.75) is 31.3 Å². The molecule has 80 valence electrons. The summed E-state index contributed by atoms with van der Waals surface area (Å²) in [5, 5.41) is 9.90. The summed E-state index contributed by atoms with van der Waals surface area (Å²) < 4.78 is 4.65. The van der Waals surface area contributed by atoms with Crippen molar-refractivity contribution in [3.63, 3.8) is 0 Å². The Hall–Kier alpha value is -0.770. The summed E-state index contributed by atoms with van der Waals surface area (Å²) in [5.74, 6) is 0.392. The average Bonchev–Trinajstić information content (AvgIpc) is 2.97. The summed E-state index contributed by atoms with van der Waals surface area (Å²) in [7, 11) is 1.41. The van der Waals surface area contributed by atoms with Crippen LogP contribution in [0.25, 0.3) is 0 Å². The molecule has 1 aliphatic heterocycles. The Morgan fingerprint density at radius 3 is 2.43 bits per heavy atom. The third-order valence-electron chi connectivity index (χ3n) is 3.45. The summed E-state index contributed by atoms with van der Waals surface area (Å²) in [6.45, 7) is 1.44. The molecular weight excluding hydrogens is 182 g/mol. The fraction of sp³-hybridized carbons (Fsp3) is 0.900. The highest BCUT2D eigenvalue weighted by Crippen LogP contribution is 2.46. The maximum absolute atomic E-state index is 11.2. The van der Waals surface area contributed by atoms with E-state index >= 15 is 0 Å². The molecule has 0 radical (unpaired) electrons. The molecule has 0 bridgehead atoms. The Morgan fingerprint density at radius 1 is 1.43 bits per heavy atom. The lowest BCUT2D eigenvalue weighted by Gasteiger charge is -2.33. The molecule has 1 saturated carbocycles. The first-order valence-electron chi connectivity index (χ1n) is 5.21. The lowest BCUT2D eigenvalue weighted by Crippen LogP contribution is -2.41. The van der Waals surface area contributed by atoms with Crippen LogP contribution in [0, 0.1) is 5.92 Å². The SMILES string of the molecule is COC(=O)N1CCC(C2(O)CC2)CC1. The molecule has 2 fully saturated rings. The number of carbonyl (C=O) groups is 1. The number of aliphatic hydroxyl groups is 1. The number of carbonyl (C=O) groups excluding carboxylic acids is 1. The van der Waals surface area contributed by atoms with Gasteiger partial charge in [0.2, 0.25) is 0 Å². The van der Waals surface area contributed by atoms with Crippen molar-refractivity contribution < 1.29 is 14.6 Å². The van der Waals surface area contributed by atoms with Crippen molar-refractivity contribution in [2.75, 3.05) is 20.2 Å². The highest BCUT2D eigenvalue weighted by molar-refractivity contribution is 5.67. The average molecular weight is 199 g/mol. The van der Waals surface area contributed by atoms with Crippen LogP contribution in [0.3, 0.4) is 0 Å². The van der Waals surface area contributed by atoms with Crippen molar-refractivity contribution in [1.29, 1.82) is 0 Å². The van der Waals surface area contributed by atoms with E-state index in [9.17, 15) is 9.90 Å². The second kappa shape index (κ2) is 3.42. The highest BCUT2D eigenvalue weighted by atomic mass is 16.5. The van der Waals surface area contributed by atoms with Crippen LogP contribution in [-0.4, -0.2) is 41.9 Å². The van der Waals surface area contributed by atoms with Crippen LogP contribution in [0.2, 0.25) is 0 Å². The number of rotatable bonds is 1. The molecular formula is C10H17NO3. The molecule has 0 aromatic heterocycles. The van der Waals surface area contributed by atoms with Crippen molar-refractivity contribution in [2.24, 2.45) is 5.92 Å². The maximum atomic E-state index is 11.2. The quantitative estimate of drug-likeness (QED) is 0.685. The van der Waals surface area contributed by atoms with Gasteiger partial charge in [-0.15, -0.1) is 0 Å². The summed E-state index contributed by atoms with van der Waals surface area (Å²) in [4.78, 5) is 12.9. The van der Waals surface area contributed by atoms with E-state index in [1.165, 1.54) is 7.11 Å². The van der Waals surface area contributed by atoms with Crippen LogP contribution >= 0.6 is 0 Å². The fourth-order valence-electron chi connectivity index (χ4n) is 2.26. The van der Waals surface area contributed by atoms with Gasteiger partial charge in [-0.3, -0.25) is 0 Å². The first-order valence-corrected chi connectivity index (χ1v) is 5.21. The van der Waals surface area contributed by atoms with Gasteiger partial charge in [-0.05, 0) is 31.6 Å². The third-order valence-corrected chi connectivity index (χ3v) is 3.45. The van der Waals surface area contributed by atoms with Crippen LogP contribution in [-0.2, 0) is 4.74 Å². The molecule has 2 aliphatic rings. The summed E-state index contributed by atoms with van der Waals surface area (Å²) in [6.07, 6.45) is 3.45. The second-order valence-corrected chi connectivity index (χ2v) is 4.33. The molecule has 0 aromatic carbocycles. The van der Waals surface area contributed by atoms with E-state index < -0.39 is 0 Å². The van der Waals surface area contributed by atoms with Gasteiger partial charge in [0.25, 0.3) is 0 Å². The van der Waals surface area contributed by atoms with Crippen LogP contribution in [0.1, 0.15) is 25.7 Å². The van der Waals surface area contributed by atoms with Crippen LogP contribution in [0.5, 0.6) is 0 Å². The fourth-order valence-corrected chi connectivity index (χ4v) is 2.26. The minimum Gasteiger partial charge on any atom is -0.453 e. The van der Waals surface area contributed by atoms with Gasteiger partial charge < -0.3 is 14.7 Å². The van der Waals surface area contributed by atoms with Crippen LogP contribution in [0.15, 0.2) is 0 Å². The van der Waals surface area contributed by atoms with Crippen molar-refractivity contribution in [3.05, 3.63) is 0 Å². The molecule has 0 aromatic rings. The molecule has 0 atom stereocenters. The normalized spacial score (nSPS) is 26.0. The minimum absolute atomic E-state index is 0.244. The topological polar surface area (TPSA) is 49.8 Å². The van der Waals surface area contributed by atoms with E-state index in [4.69, 9.17) is 0 Å². The predicted octanol–water partition coefficient (Wildman–Crippen LogP) is 0.990. The predicted molar refractivity (Wildman–Crippen MR) is 50.9 cm³/mol. The zero-order valence-electron chi connectivity index (χ0n) is 8.53. The van der Waals surface area contributed by atoms with Gasteiger partial charge in [0, 0.05) is 13.1 Å². The minimum atomic E-state index is -0.387. The van der Waals surface area contributed by atoms with E-state index in [1.807, 2.05) is 0 Å². The Morgan fingerprint density at radius 2 is 2.00 bits per heavy atom. The standard InChI is InChI=1S/C10H17NO3/c1-14-9(12)11-6-2-8(3-7-11)10(13)4-5-10/h8,13H,2-7H2,1H3. The van der Waals surface area contributed by atoms with E-state index in [-0.39, 0.29) is 11.7 Å².